The largest absolute Gasteiger partial charge is 0.461 e. The van der Waals surface area contributed by atoms with Crippen LogP contribution in [-0.4, -0.2) is 32.1 Å². The molecule has 3 unspecified atom stereocenters. The Morgan fingerprint density at radius 2 is 1.74 bits per heavy atom. The van der Waals surface area contributed by atoms with Crippen LogP contribution in [0.3, 0.4) is 0 Å². The summed E-state index contributed by atoms with van der Waals surface area (Å²) in [7, 11) is 0. The predicted octanol–water partition coefficient (Wildman–Crippen LogP) is 3.50. The fourth-order valence-corrected chi connectivity index (χ4v) is 2.93. The van der Waals surface area contributed by atoms with Crippen molar-refractivity contribution in [2.45, 2.75) is 81.4 Å². The van der Waals surface area contributed by atoms with Crippen molar-refractivity contribution in [1.29, 1.82) is 0 Å². The number of carbonyl (C=O) groups is 1. The molecule has 1 heterocycles. The van der Waals surface area contributed by atoms with Gasteiger partial charge in [0.25, 0.3) is 0 Å². The van der Waals surface area contributed by atoms with Gasteiger partial charge in [-0.3, -0.25) is 4.79 Å². The molecule has 1 aliphatic heterocycles. The van der Waals surface area contributed by atoms with Gasteiger partial charge in [-0.15, -0.1) is 10.3 Å². The molecule has 19 heavy (non-hydrogen) atoms. The number of esters is 1. The molecule has 0 aromatic heterocycles. The second-order valence-electron chi connectivity index (χ2n) is 6.08. The summed E-state index contributed by atoms with van der Waals surface area (Å²) in [4.78, 5) is 11.8. The lowest BCUT2D eigenvalue weighted by atomic mass is 9.76. The first-order chi connectivity index (χ1) is 8.68. The third kappa shape index (κ3) is 3.61. The van der Waals surface area contributed by atoms with Crippen LogP contribution < -0.4 is 0 Å². The Bertz CT molecular complexity index is 317. The summed E-state index contributed by atoms with van der Waals surface area (Å²) in [5, 5.41) is 13.8. The predicted molar refractivity (Wildman–Crippen MR) is 82.5 cm³/mol. The van der Waals surface area contributed by atoms with E-state index in [9.17, 15) is 10.0 Å². The summed E-state index contributed by atoms with van der Waals surface area (Å²) in [6, 6.07) is 0. The van der Waals surface area contributed by atoms with Crippen LogP contribution in [0, 0.1) is 0 Å². The monoisotopic (exact) mass is 382 g/mol. The number of piperidine rings is 1. The number of carbonyl (C=O) groups excluding carboxylic acids is 1. The van der Waals surface area contributed by atoms with Gasteiger partial charge in [-0.1, -0.05) is 36.4 Å². The van der Waals surface area contributed by atoms with Gasteiger partial charge in [0.15, 0.2) is 0 Å². The van der Waals surface area contributed by atoms with Crippen molar-refractivity contribution in [3.63, 3.8) is 0 Å². The van der Waals surface area contributed by atoms with Gasteiger partial charge in [-0.25, -0.2) is 0 Å². The number of nitrogens with zero attached hydrogens (tertiary/aromatic N) is 1. The minimum absolute atomic E-state index is 0.148. The van der Waals surface area contributed by atoms with Crippen LogP contribution in [0.1, 0.15) is 60.3 Å². The molecule has 1 saturated heterocycles. The molecule has 5 heteroatoms. The van der Waals surface area contributed by atoms with E-state index in [2.05, 4.69) is 22.6 Å². The lowest BCUT2D eigenvalue weighted by Crippen LogP contribution is -2.62. The van der Waals surface area contributed by atoms with E-state index >= 15 is 0 Å². The summed E-state index contributed by atoms with van der Waals surface area (Å²) in [5.41, 5.74) is -0.884. The van der Waals surface area contributed by atoms with Crippen molar-refractivity contribution in [3.05, 3.63) is 0 Å². The minimum atomic E-state index is -0.442. The molecule has 1 fully saturated rings. The molecule has 0 bridgehead atoms. The Balaban J connectivity index is 2.90. The van der Waals surface area contributed by atoms with E-state index in [-0.39, 0.29) is 16.0 Å². The number of hydroxylamine groups is 2. The quantitative estimate of drug-likeness (QED) is 0.425. The van der Waals surface area contributed by atoms with Crippen LogP contribution in [0.4, 0.5) is 0 Å². The van der Waals surface area contributed by atoms with Crippen molar-refractivity contribution >= 4 is 28.6 Å². The molecule has 0 aliphatic carbocycles. The van der Waals surface area contributed by atoms with Gasteiger partial charge in [0.1, 0.15) is 10.0 Å². The highest BCUT2D eigenvalue weighted by atomic mass is 127. The first kappa shape index (κ1) is 17.2. The maximum Gasteiger partial charge on any atom is 0.318 e. The van der Waals surface area contributed by atoms with Gasteiger partial charge in [0.2, 0.25) is 0 Å². The highest BCUT2D eigenvalue weighted by Gasteiger charge is 2.50. The minimum Gasteiger partial charge on any atom is -0.461 e. The molecule has 1 aliphatic rings. The standard InChI is InChI=1S/C14H25INO3/c1-6-13(4)8-11(19-12(17)10(3)15)9-14(5,7-2)16(13)18/h10-11H,6-9H2,1-5H3. The Hall–Kier alpha value is 0.120. The Morgan fingerprint density at radius 1 is 1.32 bits per heavy atom. The molecule has 0 amide bonds. The van der Waals surface area contributed by atoms with Crippen LogP contribution in [0.5, 0.6) is 0 Å². The van der Waals surface area contributed by atoms with Crippen LogP contribution in [-0.2, 0) is 14.7 Å². The fourth-order valence-electron chi connectivity index (χ4n) is 2.79. The van der Waals surface area contributed by atoms with Crippen molar-refractivity contribution in [2.75, 3.05) is 0 Å². The Kier molecular flexibility index (Phi) is 5.66. The van der Waals surface area contributed by atoms with Gasteiger partial charge in [-0.2, -0.15) is 0 Å². The summed E-state index contributed by atoms with van der Waals surface area (Å²) in [5.74, 6) is -0.179. The molecule has 1 radical (unpaired) electrons. The van der Waals surface area contributed by atoms with Crippen molar-refractivity contribution < 1.29 is 14.7 Å². The summed E-state index contributed by atoms with van der Waals surface area (Å²) in [6.45, 7) is 9.81. The summed E-state index contributed by atoms with van der Waals surface area (Å²) < 4.78 is 5.43. The van der Waals surface area contributed by atoms with Gasteiger partial charge < -0.3 is 4.74 Å². The smallest absolute Gasteiger partial charge is 0.318 e. The van der Waals surface area contributed by atoms with E-state index in [4.69, 9.17) is 4.74 Å². The summed E-state index contributed by atoms with van der Waals surface area (Å²) in [6.07, 6.45) is 2.62. The second kappa shape index (κ2) is 6.26. The normalized spacial score (nSPS) is 37.9. The first-order valence-electron chi connectivity index (χ1n) is 7.00. The van der Waals surface area contributed by atoms with Crippen molar-refractivity contribution in [3.8, 4) is 0 Å². The number of rotatable bonds is 4. The zero-order valence-corrected chi connectivity index (χ0v) is 14.7. The molecule has 0 aromatic rings. The van der Waals surface area contributed by atoms with Crippen LogP contribution in [0.15, 0.2) is 0 Å². The Morgan fingerprint density at radius 3 is 2.05 bits per heavy atom. The maximum atomic E-state index is 12.6. The molecule has 0 N–H and O–H groups in total. The molecule has 0 aromatic carbocycles. The van der Waals surface area contributed by atoms with Gasteiger partial charge >= 0.3 is 5.97 Å². The molecular weight excluding hydrogens is 357 g/mol. The molecule has 4 nitrogen and oxygen atoms in total. The van der Waals surface area contributed by atoms with E-state index in [1.807, 2.05) is 34.6 Å². The number of ether oxygens (including phenoxy) is 1. The highest BCUT2D eigenvalue weighted by Crippen LogP contribution is 2.42. The molecule has 3 atom stereocenters. The molecular formula is C14H25INO3. The zero-order chi connectivity index (χ0) is 14.8. The van der Waals surface area contributed by atoms with Gasteiger partial charge in [-0.05, 0) is 33.6 Å². The first-order valence-corrected chi connectivity index (χ1v) is 8.25. The third-order valence-corrected chi connectivity index (χ3v) is 4.95. The van der Waals surface area contributed by atoms with E-state index in [0.29, 0.717) is 12.8 Å². The average Bonchev–Trinajstić information content (AvgIpc) is 2.35. The van der Waals surface area contributed by atoms with E-state index in [1.54, 1.807) is 0 Å². The fraction of sp³-hybridized carbons (Fsp3) is 0.929. The highest BCUT2D eigenvalue weighted by molar-refractivity contribution is 14.1. The summed E-state index contributed by atoms with van der Waals surface area (Å²) >= 11 is 2.06. The third-order valence-electron chi connectivity index (χ3n) is 4.45. The average molecular weight is 382 g/mol. The zero-order valence-electron chi connectivity index (χ0n) is 12.5. The SMILES string of the molecule is CCC1(C)CC(OC(=O)C(C)I)CC(C)(CC)N1[O]. The van der Waals surface area contributed by atoms with E-state index in [1.165, 1.54) is 5.06 Å². The number of hydrogen-bond donors (Lipinski definition) is 0. The van der Waals surface area contributed by atoms with Crippen molar-refractivity contribution in [2.24, 2.45) is 0 Å². The van der Waals surface area contributed by atoms with E-state index < -0.39 is 11.1 Å². The van der Waals surface area contributed by atoms with Crippen molar-refractivity contribution in [1.82, 2.24) is 5.06 Å². The molecule has 1 rings (SSSR count). The molecule has 111 valence electrons. The topological polar surface area (TPSA) is 49.4 Å². The second-order valence-corrected chi connectivity index (χ2v) is 7.95. The lowest BCUT2D eigenvalue weighted by Gasteiger charge is -2.52. The van der Waals surface area contributed by atoms with Crippen LogP contribution in [0.2, 0.25) is 0 Å². The van der Waals surface area contributed by atoms with Gasteiger partial charge in [0, 0.05) is 12.8 Å². The van der Waals surface area contributed by atoms with E-state index in [0.717, 1.165) is 12.8 Å². The van der Waals surface area contributed by atoms with Crippen LogP contribution >= 0.6 is 22.6 Å². The lowest BCUT2D eigenvalue weighted by molar-refractivity contribution is -0.309. The van der Waals surface area contributed by atoms with Crippen LogP contribution in [0.25, 0.3) is 0 Å². The number of hydrogen-bond acceptors (Lipinski definition) is 3. The van der Waals surface area contributed by atoms with Gasteiger partial charge in [0.05, 0.1) is 11.1 Å². The number of alkyl halides is 1. The molecule has 0 spiro atoms. The Labute approximate surface area is 130 Å². The number of halogens is 1. The molecule has 0 saturated carbocycles. The maximum absolute atomic E-state index is 12.6.